The van der Waals surface area contributed by atoms with E-state index >= 15 is 0 Å². The van der Waals surface area contributed by atoms with Crippen molar-refractivity contribution in [2.24, 2.45) is 17.3 Å². The van der Waals surface area contributed by atoms with Crippen LogP contribution in [0.3, 0.4) is 0 Å². The van der Waals surface area contributed by atoms with Gasteiger partial charge in [-0.15, -0.1) is 23.0 Å². The summed E-state index contributed by atoms with van der Waals surface area (Å²) in [6.45, 7) is 9.07. The predicted molar refractivity (Wildman–Crippen MR) is 198 cm³/mol. The van der Waals surface area contributed by atoms with Crippen LogP contribution in [0.25, 0.3) is 22.0 Å². The number of sulfonamides is 1. The summed E-state index contributed by atoms with van der Waals surface area (Å²) in [6.07, 6.45) is 6.38. The number of nitrogens with zero attached hydrogens (tertiary/aromatic N) is 5. The molecule has 1 aromatic carbocycles. The first kappa shape index (κ1) is 37.7. The molecule has 1 saturated heterocycles. The molecule has 7 rings (SSSR count). The van der Waals surface area contributed by atoms with Crippen LogP contribution >= 0.6 is 11.3 Å². The van der Waals surface area contributed by atoms with Gasteiger partial charge in [-0.05, 0) is 68.2 Å². The molecule has 4 fully saturated rings. The Morgan fingerprint density at radius 1 is 1.07 bits per heavy atom. The van der Waals surface area contributed by atoms with E-state index in [9.17, 15) is 27.6 Å². The molecule has 15 nitrogen and oxygen atoms in total. The van der Waals surface area contributed by atoms with Gasteiger partial charge < -0.3 is 19.7 Å². The van der Waals surface area contributed by atoms with E-state index in [2.05, 4.69) is 21.6 Å². The number of methoxy groups -OCH3 is 1. The molecular weight excluding hydrogens is 735 g/mol. The van der Waals surface area contributed by atoms with Crippen molar-refractivity contribution in [3.05, 3.63) is 48.5 Å². The lowest BCUT2D eigenvalue weighted by Gasteiger charge is -2.35. The summed E-state index contributed by atoms with van der Waals surface area (Å²) >= 11 is 1.39. The van der Waals surface area contributed by atoms with Gasteiger partial charge in [0.25, 0.3) is 5.91 Å². The Kier molecular flexibility index (Phi) is 9.91. The Morgan fingerprint density at radius 2 is 1.78 bits per heavy atom. The van der Waals surface area contributed by atoms with Gasteiger partial charge in [0.1, 0.15) is 45.7 Å². The molecule has 54 heavy (non-hydrogen) atoms. The third-order valence-electron chi connectivity index (χ3n) is 10.8. The average molecular weight is 780 g/mol. The van der Waals surface area contributed by atoms with Gasteiger partial charge in [0.15, 0.2) is 0 Å². The van der Waals surface area contributed by atoms with Crippen molar-refractivity contribution in [3.63, 3.8) is 0 Å². The lowest BCUT2D eigenvalue weighted by molar-refractivity contribution is -0.169. The van der Waals surface area contributed by atoms with E-state index in [1.165, 1.54) is 27.1 Å². The van der Waals surface area contributed by atoms with E-state index in [-0.39, 0.29) is 25.5 Å². The van der Waals surface area contributed by atoms with Crippen molar-refractivity contribution < 1.29 is 37.1 Å². The van der Waals surface area contributed by atoms with Gasteiger partial charge in [-0.3, -0.25) is 23.9 Å². The number of amides is 3. The number of hydrogen-bond acceptors (Lipinski definition) is 12. The van der Waals surface area contributed by atoms with Gasteiger partial charge in [-0.1, -0.05) is 26.8 Å². The van der Waals surface area contributed by atoms with Crippen molar-refractivity contribution in [1.29, 1.82) is 0 Å². The minimum absolute atomic E-state index is 0.0333. The maximum Gasteiger partial charge on any atom is 0.319 e. The first-order valence-electron chi connectivity index (χ1n) is 18.2. The second-order valence-corrected chi connectivity index (χ2v) is 18.5. The Hall–Kier alpha value is -4.64. The number of carbonyl (C=O) groups excluding carboxylic acids is 4. The highest BCUT2D eigenvalue weighted by Gasteiger charge is 2.62. The summed E-state index contributed by atoms with van der Waals surface area (Å²) in [6, 6.07) is 5.52. The fraction of sp³-hybridized carbons (Fsp3) is 0.541. The molecule has 5 atom stereocenters. The number of nitrogens with one attached hydrogen (secondary N) is 2. The number of carbonyl (C=O) groups is 4. The maximum atomic E-state index is 14.7. The zero-order valence-electron chi connectivity index (χ0n) is 30.7. The number of esters is 1. The number of thiazole rings is 1. The Bertz CT molecular complexity index is 2050. The lowest BCUT2D eigenvalue weighted by atomic mass is 9.79. The molecule has 0 radical (unpaired) electrons. The Labute approximate surface area is 317 Å². The number of rotatable bonds is 13. The van der Waals surface area contributed by atoms with Crippen LogP contribution in [0.15, 0.2) is 48.5 Å². The molecule has 2 aromatic heterocycles. The number of ether oxygens (including phenoxy) is 2. The molecule has 0 bridgehead atoms. The molecule has 3 aliphatic carbocycles. The van der Waals surface area contributed by atoms with Gasteiger partial charge in [0, 0.05) is 36.0 Å². The SMILES string of the molecule is C=C[C@@H]1C[C@@]1(NC(=O)[C@@H]1C[C@@H](n2nc(-c3ccc(OC)cc3)c(-c3nccs3)n2)CN1C(=O)[C@H](C(=O)OC1CCC1)C(C)(C)C)C(=O)NS(=O)(=O)C1CC1. The molecule has 3 aromatic rings. The zero-order valence-corrected chi connectivity index (χ0v) is 32.3. The highest BCUT2D eigenvalue weighted by Crippen LogP contribution is 2.46. The number of likely N-dealkylation sites (tertiary alicyclic amines) is 1. The van der Waals surface area contributed by atoms with Crippen molar-refractivity contribution >= 4 is 45.1 Å². The molecule has 0 unspecified atom stereocenters. The summed E-state index contributed by atoms with van der Waals surface area (Å²) < 4.78 is 38.8. The minimum Gasteiger partial charge on any atom is -0.497 e. The second-order valence-electron chi connectivity index (χ2n) is 15.7. The third-order valence-corrected chi connectivity index (χ3v) is 13.4. The number of benzene rings is 1. The molecule has 17 heteroatoms. The molecule has 3 heterocycles. The van der Waals surface area contributed by atoms with E-state index in [0.29, 0.717) is 35.0 Å². The van der Waals surface area contributed by atoms with Crippen molar-refractivity contribution in [2.45, 2.75) is 94.7 Å². The van der Waals surface area contributed by atoms with Crippen LogP contribution in [0.5, 0.6) is 5.75 Å². The van der Waals surface area contributed by atoms with Crippen LogP contribution in [0.1, 0.15) is 71.8 Å². The maximum absolute atomic E-state index is 14.7. The second kappa shape index (κ2) is 14.2. The molecule has 0 spiro atoms. The topological polar surface area (TPSA) is 192 Å². The highest BCUT2D eigenvalue weighted by atomic mass is 32.2. The minimum atomic E-state index is -3.91. The predicted octanol–water partition coefficient (Wildman–Crippen LogP) is 3.65. The fourth-order valence-corrected chi connectivity index (χ4v) is 9.10. The fourth-order valence-electron chi connectivity index (χ4n) is 7.12. The normalized spacial score (nSPS) is 24.6. The van der Waals surface area contributed by atoms with Crippen LogP contribution in [0, 0.1) is 17.3 Å². The molecule has 2 N–H and O–H groups in total. The van der Waals surface area contributed by atoms with Gasteiger partial charge in [-0.2, -0.15) is 9.90 Å². The number of aromatic nitrogens is 4. The quantitative estimate of drug-likeness (QED) is 0.146. The summed E-state index contributed by atoms with van der Waals surface area (Å²) in [4.78, 5) is 63.6. The summed E-state index contributed by atoms with van der Waals surface area (Å²) in [5.74, 6) is -3.86. The van der Waals surface area contributed by atoms with E-state index in [1.54, 1.807) is 34.1 Å². The van der Waals surface area contributed by atoms with Crippen molar-refractivity contribution in [1.82, 2.24) is 34.9 Å². The van der Waals surface area contributed by atoms with Crippen LogP contribution in [0.2, 0.25) is 0 Å². The van der Waals surface area contributed by atoms with Gasteiger partial charge in [0.05, 0.1) is 18.4 Å². The van der Waals surface area contributed by atoms with E-state index in [0.717, 1.165) is 24.8 Å². The van der Waals surface area contributed by atoms with E-state index in [1.807, 2.05) is 29.6 Å². The molecule has 3 amide bonds. The summed E-state index contributed by atoms with van der Waals surface area (Å²) in [7, 11) is -2.33. The molecule has 1 aliphatic heterocycles. The van der Waals surface area contributed by atoms with Crippen molar-refractivity contribution in [3.8, 4) is 27.7 Å². The third kappa shape index (κ3) is 7.27. The molecule has 3 saturated carbocycles. The Morgan fingerprint density at radius 3 is 2.33 bits per heavy atom. The standard InChI is InChI=1S/C37H45N7O8S2/c1-6-22-19-37(22,35(48)42-54(49,50)26-14-15-26)39-31(45)27-18-23(20-43(27)33(46)28(36(2,3)4)34(47)52-25-8-7-9-25)44-40-29(21-10-12-24(51-5)13-11-21)30(41-44)32-38-16-17-53-32/h6,10-13,16-17,22-23,25-28H,1,7-9,14-15,18-20H2,2-5H3,(H,39,45)(H,42,48)/t22-,23-,27+,28-,37+/m1/s1. The summed E-state index contributed by atoms with van der Waals surface area (Å²) in [5, 5.41) is 14.3. The lowest BCUT2D eigenvalue weighted by Crippen LogP contribution is -2.58. The van der Waals surface area contributed by atoms with Gasteiger partial charge in [-0.25, -0.2) is 13.4 Å². The van der Waals surface area contributed by atoms with Crippen LogP contribution < -0.4 is 14.8 Å². The van der Waals surface area contributed by atoms with E-state index in [4.69, 9.17) is 19.7 Å². The zero-order chi connectivity index (χ0) is 38.6. The van der Waals surface area contributed by atoms with Crippen molar-refractivity contribution in [2.75, 3.05) is 13.7 Å². The molecular formula is C37H45N7O8S2. The smallest absolute Gasteiger partial charge is 0.319 e. The van der Waals surface area contributed by atoms with Crippen LogP contribution in [0.4, 0.5) is 0 Å². The number of hydrogen-bond donors (Lipinski definition) is 2. The first-order valence-corrected chi connectivity index (χ1v) is 20.6. The van der Waals surface area contributed by atoms with Crippen LogP contribution in [-0.2, 0) is 33.9 Å². The Balaban J connectivity index is 1.23. The first-order chi connectivity index (χ1) is 25.6. The molecule has 288 valence electrons. The summed E-state index contributed by atoms with van der Waals surface area (Å²) in [5.41, 5.74) is -0.643. The van der Waals surface area contributed by atoms with Gasteiger partial charge >= 0.3 is 5.97 Å². The largest absolute Gasteiger partial charge is 0.497 e. The average Bonchev–Trinajstić information content (AvgIpc) is 3.88. The molecule has 4 aliphatic rings. The monoisotopic (exact) mass is 779 g/mol. The highest BCUT2D eigenvalue weighted by molar-refractivity contribution is 7.91. The van der Waals surface area contributed by atoms with E-state index < -0.39 is 73.8 Å². The van der Waals surface area contributed by atoms with Gasteiger partial charge in [0.2, 0.25) is 21.8 Å². The van der Waals surface area contributed by atoms with Crippen LogP contribution in [-0.4, -0.2) is 93.6 Å².